The zero-order valence-electron chi connectivity index (χ0n) is 13.2. The van der Waals surface area contributed by atoms with E-state index >= 15 is 0 Å². The van der Waals surface area contributed by atoms with E-state index in [1.54, 1.807) is 0 Å². The summed E-state index contributed by atoms with van der Waals surface area (Å²) in [6.45, 7) is 10.1. The molecule has 0 aromatic carbocycles. The smallest absolute Gasteiger partial charge is 0.0603 e. The number of rotatable bonds is 5. The van der Waals surface area contributed by atoms with Gasteiger partial charge in [0.1, 0.15) is 0 Å². The Kier molecular flexibility index (Phi) is 5.36. The minimum Gasteiger partial charge on any atom is -0.375 e. The number of nitrogens with zero attached hydrogens (tertiary/aromatic N) is 2. The van der Waals surface area contributed by atoms with Crippen LogP contribution in [0.3, 0.4) is 0 Å². The second-order valence-corrected chi connectivity index (χ2v) is 7.28. The predicted octanol–water partition coefficient (Wildman–Crippen LogP) is 2.75. The number of ether oxygens (including phenoxy) is 1. The second-order valence-electron chi connectivity index (χ2n) is 7.28. The molecule has 3 rings (SSSR count). The van der Waals surface area contributed by atoms with Crippen LogP contribution in [0.2, 0.25) is 0 Å². The van der Waals surface area contributed by atoms with Gasteiger partial charge in [-0.3, -0.25) is 0 Å². The summed E-state index contributed by atoms with van der Waals surface area (Å²) in [4.78, 5) is 5.31. The third-order valence-corrected chi connectivity index (χ3v) is 5.43. The Bertz CT molecular complexity index is 277. The van der Waals surface area contributed by atoms with E-state index in [1.165, 1.54) is 84.2 Å². The normalized spacial score (nSPS) is 34.0. The van der Waals surface area contributed by atoms with Crippen molar-refractivity contribution in [1.29, 1.82) is 0 Å². The van der Waals surface area contributed by atoms with Crippen molar-refractivity contribution in [3.63, 3.8) is 0 Å². The molecule has 1 aliphatic carbocycles. The van der Waals surface area contributed by atoms with E-state index in [-0.39, 0.29) is 0 Å². The lowest BCUT2D eigenvalue weighted by Gasteiger charge is -2.39. The van der Waals surface area contributed by atoms with Gasteiger partial charge < -0.3 is 14.5 Å². The van der Waals surface area contributed by atoms with Crippen molar-refractivity contribution < 1.29 is 4.74 Å². The van der Waals surface area contributed by atoms with Gasteiger partial charge in [-0.2, -0.15) is 0 Å². The minimum absolute atomic E-state index is 0.554. The van der Waals surface area contributed by atoms with Gasteiger partial charge in [-0.1, -0.05) is 13.3 Å². The molecule has 0 aromatic rings. The number of hydrogen-bond donors (Lipinski definition) is 0. The summed E-state index contributed by atoms with van der Waals surface area (Å²) in [5.41, 5.74) is 0. The molecule has 2 saturated heterocycles. The van der Waals surface area contributed by atoms with Crippen molar-refractivity contribution in [2.75, 3.05) is 39.3 Å². The SMILES string of the molecule is C[C@H]1C[C@H](OC2CCN(CCN3CCCCC3)CC2)C1. The summed E-state index contributed by atoms with van der Waals surface area (Å²) in [5, 5.41) is 0. The highest BCUT2D eigenvalue weighted by Gasteiger charge is 2.30. The van der Waals surface area contributed by atoms with Crippen LogP contribution in [-0.2, 0) is 4.74 Å². The molecule has 2 aliphatic heterocycles. The summed E-state index contributed by atoms with van der Waals surface area (Å²) in [7, 11) is 0. The van der Waals surface area contributed by atoms with E-state index in [9.17, 15) is 0 Å². The molecule has 20 heavy (non-hydrogen) atoms. The quantitative estimate of drug-likeness (QED) is 0.770. The van der Waals surface area contributed by atoms with Crippen LogP contribution in [-0.4, -0.2) is 61.3 Å². The molecule has 0 amide bonds. The van der Waals surface area contributed by atoms with Crippen molar-refractivity contribution in [3.05, 3.63) is 0 Å². The first-order valence-corrected chi connectivity index (χ1v) is 8.90. The lowest BCUT2D eigenvalue weighted by Crippen LogP contribution is -2.44. The summed E-state index contributed by atoms with van der Waals surface area (Å²) in [6, 6.07) is 0. The molecule has 3 aliphatic rings. The van der Waals surface area contributed by atoms with Crippen LogP contribution in [0.1, 0.15) is 51.9 Å². The van der Waals surface area contributed by atoms with Gasteiger partial charge in [-0.25, -0.2) is 0 Å². The molecule has 0 bridgehead atoms. The monoisotopic (exact) mass is 280 g/mol. The molecule has 2 heterocycles. The van der Waals surface area contributed by atoms with Gasteiger partial charge >= 0.3 is 0 Å². The maximum atomic E-state index is 6.20. The van der Waals surface area contributed by atoms with Gasteiger partial charge in [0.05, 0.1) is 12.2 Å². The Morgan fingerprint density at radius 1 is 0.800 bits per heavy atom. The lowest BCUT2D eigenvalue weighted by atomic mass is 9.84. The van der Waals surface area contributed by atoms with E-state index in [0.717, 1.165) is 5.92 Å². The van der Waals surface area contributed by atoms with Crippen LogP contribution >= 0.6 is 0 Å². The minimum atomic E-state index is 0.554. The van der Waals surface area contributed by atoms with E-state index in [2.05, 4.69) is 16.7 Å². The molecule has 0 spiro atoms. The Morgan fingerprint density at radius 3 is 2.00 bits per heavy atom. The molecule has 0 N–H and O–H groups in total. The van der Waals surface area contributed by atoms with Crippen LogP contribution in [0, 0.1) is 5.92 Å². The fourth-order valence-electron chi connectivity index (χ4n) is 3.95. The predicted molar refractivity (Wildman–Crippen MR) is 83.0 cm³/mol. The maximum absolute atomic E-state index is 6.20. The zero-order chi connectivity index (χ0) is 13.8. The van der Waals surface area contributed by atoms with Crippen LogP contribution in [0.4, 0.5) is 0 Å². The molecule has 0 atom stereocenters. The number of piperidine rings is 2. The highest BCUT2D eigenvalue weighted by molar-refractivity contribution is 4.81. The van der Waals surface area contributed by atoms with Gasteiger partial charge in [-0.05, 0) is 57.5 Å². The van der Waals surface area contributed by atoms with Crippen molar-refractivity contribution >= 4 is 0 Å². The van der Waals surface area contributed by atoms with Gasteiger partial charge in [0.25, 0.3) is 0 Å². The van der Waals surface area contributed by atoms with E-state index in [1.807, 2.05) is 0 Å². The Hall–Kier alpha value is -0.120. The molecule has 1 saturated carbocycles. The molecule has 0 radical (unpaired) electrons. The number of likely N-dealkylation sites (tertiary alicyclic amines) is 2. The first-order chi connectivity index (χ1) is 9.79. The molecule has 0 unspecified atom stereocenters. The summed E-state index contributed by atoms with van der Waals surface area (Å²) < 4.78 is 6.20. The van der Waals surface area contributed by atoms with E-state index in [0.29, 0.717) is 12.2 Å². The first-order valence-electron chi connectivity index (χ1n) is 8.90. The molecule has 3 heteroatoms. The molecule has 116 valence electrons. The summed E-state index contributed by atoms with van der Waals surface area (Å²) >= 11 is 0. The fourth-order valence-corrected chi connectivity index (χ4v) is 3.95. The van der Waals surface area contributed by atoms with Crippen molar-refractivity contribution in [2.45, 2.75) is 64.1 Å². The molecule has 0 aromatic heterocycles. The van der Waals surface area contributed by atoms with Crippen LogP contribution in [0.5, 0.6) is 0 Å². The highest BCUT2D eigenvalue weighted by atomic mass is 16.5. The third kappa shape index (κ3) is 4.19. The fraction of sp³-hybridized carbons (Fsp3) is 1.00. The zero-order valence-corrected chi connectivity index (χ0v) is 13.2. The summed E-state index contributed by atoms with van der Waals surface area (Å²) in [5.74, 6) is 0.907. The summed E-state index contributed by atoms with van der Waals surface area (Å²) in [6.07, 6.45) is 10.5. The topological polar surface area (TPSA) is 15.7 Å². The maximum Gasteiger partial charge on any atom is 0.0603 e. The van der Waals surface area contributed by atoms with Crippen LogP contribution < -0.4 is 0 Å². The first kappa shape index (κ1) is 14.8. The Balaban J connectivity index is 1.28. The van der Waals surface area contributed by atoms with Gasteiger partial charge in [0.15, 0.2) is 0 Å². The Labute approximate surface area is 124 Å². The standard InChI is InChI=1S/C17H32N2O/c1-15-13-17(14-15)20-16-5-9-19(10-6-16)12-11-18-7-3-2-4-8-18/h15-17H,2-14H2,1H3/t15-,17-. The number of hydrogen-bond acceptors (Lipinski definition) is 3. The van der Waals surface area contributed by atoms with Crippen molar-refractivity contribution in [3.8, 4) is 0 Å². The average molecular weight is 280 g/mol. The third-order valence-electron chi connectivity index (χ3n) is 5.43. The van der Waals surface area contributed by atoms with Crippen LogP contribution in [0.15, 0.2) is 0 Å². The largest absolute Gasteiger partial charge is 0.375 e. The van der Waals surface area contributed by atoms with Crippen molar-refractivity contribution in [2.24, 2.45) is 5.92 Å². The van der Waals surface area contributed by atoms with E-state index < -0.39 is 0 Å². The van der Waals surface area contributed by atoms with Gasteiger partial charge in [-0.15, -0.1) is 0 Å². The molecular weight excluding hydrogens is 248 g/mol. The molecule has 3 fully saturated rings. The van der Waals surface area contributed by atoms with E-state index in [4.69, 9.17) is 4.74 Å². The molecule has 3 nitrogen and oxygen atoms in total. The Morgan fingerprint density at radius 2 is 1.40 bits per heavy atom. The second kappa shape index (κ2) is 7.24. The lowest BCUT2D eigenvalue weighted by molar-refractivity contribution is -0.0907. The van der Waals surface area contributed by atoms with Gasteiger partial charge in [0.2, 0.25) is 0 Å². The highest BCUT2D eigenvalue weighted by Crippen LogP contribution is 2.31. The van der Waals surface area contributed by atoms with Crippen molar-refractivity contribution in [1.82, 2.24) is 9.80 Å². The molecular formula is C17H32N2O. The average Bonchev–Trinajstić information content (AvgIpc) is 2.46. The van der Waals surface area contributed by atoms with Crippen LogP contribution in [0.25, 0.3) is 0 Å². The van der Waals surface area contributed by atoms with Gasteiger partial charge in [0, 0.05) is 26.2 Å².